The first-order chi connectivity index (χ1) is 15.6. The zero-order chi connectivity index (χ0) is 22.1. The van der Waals surface area contributed by atoms with Gasteiger partial charge in [-0.25, -0.2) is 9.97 Å². The van der Waals surface area contributed by atoms with Crippen LogP contribution in [0.2, 0.25) is 0 Å². The summed E-state index contributed by atoms with van der Waals surface area (Å²) in [7, 11) is 2.20. The first-order valence-electron chi connectivity index (χ1n) is 11.7. The van der Waals surface area contributed by atoms with Gasteiger partial charge in [0.15, 0.2) is 5.82 Å². The summed E-state index contributed by atoms with van der Waals surface area (Å²) < 4.78 is 5.60. The molecule has 2 unspecified atom stereocenters. The Bertz CT molecular complexity index is 942. The van der Waals surface area contributed by atoms with E-state index in [0.717, 1.165) is 88.2 Å². The average molecular weight is 456 g/mol. The van der Waals surface area contributed by atoms with E-state index in [9.17, 15) is 5.11 Å². The standard InChI is InChI=1S/C24H33N5O2S/c1-17(30)18-4-3-5-19(14-18)23-25-21-15-20(16-28-8-6-27(2)7-9-28)32-22(21)24(26-23)29-10-12-31-13-11-29/h3-5,14,17,20,30H,6-13,15-16H2,1-2H3. The predicted molar refractivity (Wildman–Crippen MR) is 128 cm³/mol. The van der Waals surface area contributed by atoms with E-state index in [4.69, 9.17) is 14.7 Å². The van der Waals surface area contributed by atoms with Crippen molar-refractivity contribution < 1.29 is 9.84 Å². The summed E-state index contributed by atoms with van der Waals surface area (Å²) >= 11 is 1.96. The number of aliphatic hydroxyl groups is 1. The summed E-state index contributed by atoms with van der Waals surface area (Å²) in [5.41, 5.74) is 3.03. The SMILES string of the molecule is CC(O)c1cccc(-c2nc3c(c(N4CCOCC4)n2)SC(CN2CCN(C)CC2)C3)c1. The third kappa shape index (κ3) is 4.79. The van der Waals surface area contributed by atoms with Crippen molar-refractivity contribution >= 4 is 17.6 Å². The van der Waals surface area contributed by atoms with Crippen LogP contribution in [-0.4, -0.2) is 96.2 Å². The fourth-order valence-electron chi connectivity index (χ4n) is 4.64. The van der Waals surface area contributed by atoms with Crippen molar-refractivity contribution in [3.05, 3.63) is 35.5 Å². The maximum absolute atomic E-state index is 10.0. The number of rotatable bonds is 5. The van der Waals surface area contributed by atoms with E-state index in [1.54, 1.807) is 6.92 Å². The molecular formula is C24H33N5O2S. The molecule has 8 heteroatoms. The van der Waals surface area contributed by atoms with Gasteiger partial charge < -0.3 is 19.6 Å². The fraction of sp³-hybridized carbons (Fsp3) is 0.583. The molecule has 1 aromatic carbocycles. The summed E-state index contributed by atoms with van der Waals surface area (Å²) in [6.45, 7) is 10.7. The number of ether oxygens (including phenoxy) is 1. The van der Waals surface area contributed by atoms with Crippen LogP contribution < -0.4 is 4.90 Å². The number of piperazine rings is 1. The lowest BCUT2D eigenvalue weighted by Crippen LogP contribution is -2.46. The molecule has 0 saturated carbocycles. The highest BCUT2D eigenvalue weighted by Gasteiger charge is 2.32. The van der Waals surface area contributed by atoms with Crippen molar-refractivity contribution in [2.45, 2.75) is 29.6 Å². The van der Waals surface area contributed by atoms with Crippen LogP contribution in [0.4, 0.5) is 5.82 Å². The van der Waals surface area contributed by atoms with Gasteiger partial charge in [-0.05, 0) is 25.6 Å². The summed E-state index contributed by atoms with van der Waals surface area (Å²) in [4.78, 5) is 18.7. The van der Waals surface area contributed by atoms with Gasteiger partial charge in [-0.1, -0.05) is 18.2 Å². The van der Waals surface area contributed by atoms with E-state index >= 15 is 0 Å². The van der Waals surface area contributed by atoms with E-state index in [0.29, 0.717) is 5.25 Å². The third-order valence-corrected chi connectivity index (χ3v) is 7.92. The highest BCUT2D eigenvalue weighted by molar-refractivity contribution is 8.00. The second kappa shape index (κ2) is 9.65. The fourth-order valence-corrected chi connectivity index (χ4v) is 6.05. The Labute approximate surface area is 194 Å². The summed E-state index contributed by atoms with van der Waals surface area (Å²) in [6, 6.07) is 7.99. The van der Waals surface area contributed by atoms with Crippen LogP contribution in [0.15, 0.2) is 29.2 Å². The lowest BCUT2D eigenvalue weighted by Gasteiger charge is -2.33. The van der Waals surface area contributed by atoms with Crippen LogP contribution in [0.5, 0.6) is 0 Å². The molecule has 0 amide bonds. The molecule has 0 radical (unpaired) electrons. The van der Waals surface area contributed by atoms with Gasteiger partial charge in [0.2, 0.25) is 0 Å². The number of nitrogens with zero attached hydrogens (tertiary/aromatic N) is 5. The normalized spacial score (nSPS) is 23.3. The number of fused-ring (bicyclic) bond motifs is 1. The Morgan fingerprint density at radius 3 is 2.66 bits per heavy atom. The molecule has 4 heterocycles. The molecule has 0 aliphatic carbocycles. The number of morpholine rings is 1. The number of aliphatic hydroxyl groups excluding tert-OH is 1. The van der Waals surface area contributed by atoms with Crippen molar-refractivity contribution in [2.75, 3.05) is 71.0 Å². The van der Waals surface area contributed by atoms with Crippen molar-refractivity contribution in [3.8, 4) is 11.4 Å². The van der Waals surface area contributed by atoms with E-state index in [1.165, 1.54) is 10.6 Å². The maximum atomic E-state index is 10.0. The number of thioether (sulfide) groups is 1. The molecule has 2 saturated heterocycles. The quantitative estimate of drug-likeness (QED) is 0.737. The molecule has 32 heavy (non-hydrogen) atoms. The Kier molecular flexibility index (Phi) is 6.66. The molecule has 0 spiro atoms. The molecule has 1 N–H and O–H groups in total. The van der Waals surface area contributed by atoms with Crippen LogP contribution in [0, 0.1) is 0 Å². The maximum Gasteiger partial charge on any atom is 0.161 e. The van der Waals surface area contributed by atoms with Crippen LogP contribution in [0.1, 0.15) is 24.3 Å². The highest BCUT2D eigenvalue weighted by Crippen LogP contribution is 2.43. The molecule has 5 rings (SSSR count). The minimum atomic E-state index is -0.508. The largest absolute Gasteiger partial charge is 0.389 e. The van der Waals surface area contributed by atoms with Crippen molar-refractivity contribution in [1.29, 1.82) is 0 Å². The van der Waals surface area contributed by atoms with Crippen molar-refractivity contribution in [1.82, 2.24) is 19.8 Å². The molecule has 172 valence electrons. The highest BCUT2D eigenvalue weighted by atomic mass is 32.2. The van der Waals surface area contributed by atoms with E-state index < -0.39 is 6.10 Å². The summed E-state index contributed by atoms with van der Waals surface area (Å²) in [5, 5.41) is 10.6. The Morgan fingerprint density at radius 1 is 1.12 bits per heavy atom. The summed E-state index contributed by atoms with van der Waals surface area (Å²) in [5.74, 6) is 1.82. The number of aromatic nitrogens is 2. The monoisotopic (exact) mass is 455 g/mol. The minimum absolute atomic E-state index is 0.508. The number of likely N-dealkylation sites (N-methyl/N-ethyl adjacent to an activating group) is 1. The van der Waals surface area contributed by atoms with Gasteiger partial charge in [-0.15, -0.1) is 11.8 Å². The zero-order valence-electron chi connectivity index (χ0n) is 19.0. The smallest absolute Gasteiger partial charge is 0.161 e. The lowest BCUT2D eigenvalue weighted by atomic mass is 10.1. The summed E-state index contributed by atoms with van der Waals surface area (Å²) in [6.07, 6.45) is 0.474. The lowest BCUT2D eigenvalue weighted by molar-refractivity contribution is 0.122. The Morgan fingerprint density at radius 2 is 1.91 bits per heavy atom. The minimum Gasteiger partial charge on any atom is -0.389 e. The van der Waals surface area contributed by atoms with Gasteiger partial charge in [-0.3, -0.25) is 4.90 Å². The number of benzene rings is 1. The topological polar surface area (TPSA) is 65.0 Å². The van der Waals surface area contributed by atoms with Crippen LogP contribution >= 0.6 is 11.8 Å². The van der Waals surface area contributed by atoms with Crippen molar-refractivity contribution in [2.24, 2.45) is 0 Å². The molecule has 7 nitrogen and oxygen atoms in total. The van der Waals surface area contributed by atoms with Gasteiger partial charge in [0, 0.05) is 63.0 Å². The number of hydrogen-bond donors (Lipinski definition) is 1. The molecule has 3 aliphatic rings. The number of anilines is 1. The first kappa shape index (κ1) is 22.1. The molecular weight excluding hydrogens is 422 g/mol. The van der Waals surface area contributed by atoms with E-state index in [2.05, 4.69) is 21.7 Å². The second-order valence-corrected chi connectivity index (χ2v) is 10.4. The van der Waals surface area contributed by atoms with Crippen molar-refractivity contribution in [3.63, 3.8) is 0 Å². The molecule has 2 fully saturated rings. The second-order valence-electron chi connectivity index (χ2n) is 9.10. The van der Waals surface area contributed by atoms with E-state index in [1.807, 2.05) is 36.0 Å². The van der Waals surface area contributed by atoms with Gasteiger partial charge >= 0.3 is 0 Å². The molecule has 0 bridgehead atoms. The van der Waals surface area contributed by atoms with Gasteiger partial charge in [0.1, 0.15) is 5.82 Å². The number of hydrogen-bond acceptors (Lipinski definition) is 8. The van der Waals surface area contributed by atoms with Gasteiger partial charge in [-0.2, -0.15) is 0 Å². The van der Waals surface area contributed by atoms with Crippen LogP contribution in [-0.2, 0) is 11.2 Å². The van der Waals surface area contributed by atoms with Gasteiger partial charge in [0.25, 0.3) is 0 Å². The van der Waals surface area contributed by atoms with E-state index in [-0.39, 0.29) is 0 Å². The van der Waals surface area contributed by atoms with Crippen LogP contribution in [0.25, 0.3) is 11.4 Å². The molecule has 2 aromatic rings. The molecule has 1 aromatic heterocycles. The zero-order valence-corrected chi connectivity index (χ0v) is 19.9. The third-order valence-electron chi connectivity index (χ3n) is 6.62. The Balaban J connectivity index is 1.44. The Hall–Kier alpha value is -1.71. The molecule has 2 atom stereocenters. The predicted octanol–water partition coefficient (Wildman–Crippen LogP) is 2.30. The van der Waals surface area contributed by atoms with Gasteiger partial charge in [0.05, 0.1) is 29.9 Å². The van der Waals surface area contributed by atoms with Crippen LogP contribution in [0.3, 0.4) is 0 Å². The molecule has 3 aliphatic heterocycles. The average Bonchev–Trinajstić information content (AvgIpc) is 3.23. The first-order valence-corrected chi connectivity index (χ1v) is 12.5.